The summed E-state index contributed by atoms with van der Waals surface area (Å²) in [5.74, 6) is 0.0912. The summed E-state index contributed by atoms with van der Waals surface area (Å²) in [6.07, 6.45) is -1.40. The molecule has 17 heavy (non-hydrogen) atoms. The van der Waals surface area contributed by atoms with Crippen molar-refractivity contribution in [3.63, 3.8) is 0 Å². The molecule has 1 aliphatic rings. The minimum absolute atomic E-state index is 0.240. The molecule has 1 aromatic rings. The van der Waals surface area contributed by atoms with Gasteiger partial charge in [-0.15, -0.1) is 13.2 Å². The molecule has 0 N–H and O–H groups in total. The zero-order valence-electron chi connectivity index (χ0n) is 9.39. The quantitative estimate of drug-likeness (QED) is 0.751. The van der Waals surface area contributed by atoms with Crippen LogP contribution in [0.2, 0.25) is 0 Å². The van der Waals surface area contributed by atoms with Crippen molar-refractivity contribution < 1.29 is 22.6 Å². The molecule has 2 radical (unpaired) electrons. The van der Waals surface area contributed by atoms with Crippen molar-refractivity contribution in [3.8, 4) is 11.5 Å². The molecule has 92 valence electrons. The van der Waals surface area contributed by atoms with Crippen LogP contribution in [-0.4, -0.2) is 12.0 Å². The number of fused-ring (bicyclic) bond motifs is 1. The summed E-state index contributed by atoms with van der Waals surface area (Å²) in [7, 11) is 0. The van der Waals surface area contributed by atoms with Crippen LogP contribution in [0.4, 0.5) is 13.2 Å². The van der Waals surface area contributed by atoms with Gasteiger partial charge in [0.1, 0.15) is 17.1 Å². The highest BCUT2D eigenvalue weighted by Crippen LogP contribution is 2.40. The van der Waals surface area contributed by atoms with Crippen molar-refractivity contribution in [2.24, 2.45) is 0 Å². The number of hydrogen-bond donors (Lipinski definition) is 0. The number of alkyl halides is 3. The standard InChI is InChI=1S/C12H11F3O2/c1-11(2)7-6-8-9(16-11)4-3-5-10(8)17-12(13,14)15/h3-5H,7H2,1-2H3. The van der Waals surface area contributed by atoms with Gasteiger partial charge in [-0.05, 0) is 32.4 Å². The summed E-state index contributed by atoms with van der Waals surface area (Å²) >= 11 is 0. The lowest BCUT2D eigenvalue weighted by molar-refractivity contribution is -0.274. The third kappa shape index (κ3) is 2.84. The number of ether oxygens (including phenoxy) is 2. The topological polar surface area (TPSA) is 18.5 Å². The molecule has 2 nitrogen and oxygen atoms in total. The van der Waals surface area contributed by atoms with E-state index >= 15 is 0 Å². The molecule has 1 aromatic carbocycles. The van der Waals surface area contributed by atoms with E-state index in [4.69, 9.17) is 4.74 Å². The summed E-state index contributed by atoms with van der Waals surface area (Å²) in [5.41, 5.74) is -0.215. The molecule has 0 aliphatic carbocycles. The Morgan fingerprint density at radius 3 is 2.71 bits per heavy atom. The molecule has 0 bridgehead atoms. The predicted octanol–water partition coefficient (Wildman–Crippen LogP) is 3.58. The second-order valence-corrected chi connectivity index (χ2v) is 4.39. The van der Waals surface area contributed by atoms with E-state index in [0.29, 0.717) is 12.2 Å². The van der Waals surface area contributed by atoms with Gasteiger partial charge in [0.25, 0.3) is 0 Å². The average molecular weight is 244 g/mol. The summed E-state index contributed by atoms with van der Waals surface area (Å²) in [6.45, 7) is 3.69. The van der Waals surface area contributed by atoms with Crippen molar-refractivity contribution in [2.75, 3.05) is 0 Å². The van der Waals surface area contributed by atoms with Gasteiger partial charge in [0.05, 0.1) is 0 Å². The molecule has 5 heteroatoms. The van der Waals surface area contributed by atoms with Crippen molar-refractivity contribution in [2.45, 2.75) is 32.2 Å². The first kappa shape index (κ1) is 12.1. The molecule has 0 aromatic heterocycles. The Balaban J connectivity index is 2.32. The maximum atomic E-state index is 12.2. The van der Waals surface area contributed by atoms with E-state index in [2.05, 4.69) is 11.2 Å². The van der Waals surface area contributed by atoms with Gasteiger partial charge in [0.15, 0.2) is 0 Å². The Morgan fingerprint density at radius 1 is 1.35 bits per heavy atom. The van der Waals surface area contributed by atoms with E-state index in [1.54, 1.807) is 6.07 Å². The van der Waals surface area contributed by atoms with Crippen LogP contribution in [0, 0.1) is 6.42 Å². The summed E-state index contributed by atoms with van der Waals surface area (Å²) in [4.78, 5) is 0. The summed E-state index contributed by atoms with van der Waals surface area (Å²) in [6, 6.07) is 4.32. The predicted molar refractivity (Wildman–Crippen MR) is 54.8 cm³/mol. The molecule has 1 heterocycles. The molecule has 1 aliphatic heterocycles. The van der Waals surface area contributed by atoms with E-state index in [1.165, 1.54) is 12.1 Å². The fourth-order valence-electron chi connectivity index (χ4n) is 1.62. The molecule has 0 amide bonds. The van der Waals surface area contributed by atoms with Crippen LogP contribution >= 0.6 is 0 Å². The van der Waals surface area contributed by atoms with Gasteiger partial charge in [0.2, 0.25) is 0 Å². The molecule has 2 rings (SSSR count). The van der Waals surface area contributed by atoms with Crippen LogP contribution in [0.3, 0.4) is 0 Å². The van der Waals surface area contributed by atoms with E-state index in [1.807, 2.05) is 13.8 Å². The monoisotopic (exact) mass is 244 g/mol. The fourth-order valence-corrected chi connectivity index (χ4v) is 1.62. The van der Waals surface area contributed by atoms with Crippen LogP contribution < -0.4 is 9.47 Å². The highest BCUT2D eigenvalue weighted by molar-refractivity contribution is 5.51. The minimum atomic E-state index is -4.70. The lowest BCUT2D eigenvalue weighted by Gasteiger charge is -2.32. The normalized spacial score (nSPS) is 18.2. The zero-order chi connectivity index (χ0) is 12.7. The highest BCUT2D eigenvalue weighted by Gasteiger charge is 2.35. The smallest absolute Gasteiger partial charge is 0.487 e. The average Bonchev–Trinajstić information content (AvgIpc) is 2.13. The lowest BCUT2D eigenvalue weighted by Crippen LogP contribution is -2.32. The zero-order valence-corrected chi connectivity index (χ0v) is 9.39. The molecule has 0 unspecified atom stereocenters. The highest BCUT2D eigenvalue weighted by atomic mass is 19.4. The second kappa shape index (κ2) is 3.82. The maximum Gasteiger partial charge on any atom is 0.573 e. The number of benzene rings is 1. The Kier molecular flexibility index (Phi) is 2.72. The number of rotatable bonds is 1. The minimum Gasteiger partial charge on any atom is -0.487 e. The number of halogens is 3. The van der Waals surface area contributed by atoms with Crippen LogP contribution in [0.1, 0.15) is 25.8 Å². The van der Waals surface area contributed by atoms with Gasteiger partial charge in [-0.1, -0.05) is 6.07 Å². The SMILES string of the molecule is CC1(C)C[C]c2c(OC(F)(F)F)cccc2O1. The third-order valence-electron chi connectivity index (χ3n) is 2.29. The van der Waals surface area contributed by atoms with E-state index in [0.717, 1.165) is 0 Å². The van der Waals surface area contributed by atoms with Crippen LogP contribution in [0.25, 0.3) is 0 Å². The first-order valence-electron chi connectivity index (χ1n) is 5.08. The Morgan fingerprint density at radius 2 is 2.06 bits per heavy atom. The molecule has 0 saturated carbocycles. The Bertz CT molecular complexity index is 424. The van der Waals surface area contributed by atoms with Gasteiger partial charge >= 0.3 is 6.36 Å². The van der Waals surface area contributed by atoms with Crippen LogP contribution in [0.15, 0.2) is 18.2 Å². The lowest BCUT2D eigenvalue weighted by atomic mass is 9.94. The molecular formula is C12H11F3O2. The largest absolute Gasteiger partial charge is 0.573 e. The van der Waals surface area contributed by atoms with Crippen molar-refractivity contribution in [3.05, 3.63) is 30.2 Å². The molecule has 0 spiro atoms. The Hall–Kier alpha value is -1.39. The van der Waals surface area contributed by atoms with Gasteiger partial charge in [0, 0.05) is 12.0 Å². The molecule has 0 saturated heterocycles. The molecule has 0 atom stereocenters. The van der Waals surface area contributed by atoms with Crippen LogP contribution in [-0.2, 0) is 0 Å². The van der Waals surface area contributed by atoms with E-state index < -0.39 is 12.0 Å². The van der Waals surface area contributed by atoms with Crippen molar-refractivity contribution in [1.82, 2.24) is 0 Å². The Labute approximate surface area is 97.3 Å². The van der Waals surface area contributed by atoms with Gasteiger partial charge in [-0.2, -0.15) is 0 Å². The van der Waals surface area contributed by atoms with E-state index in [9.17, 15) is 13.2 Å². The van der Waals surface area contributed by atoms with Crippen LogP contribution in [0.5, 0.6) is 11.5 Å². The maximum absolute atomic E-state index is 12.2. The van der Waals surface area contributed by atoms with Gasteiger partial charge in [-0.25, -0.2) is 0 Å². The summed E-state index contributed by atoms with van der Waals surface area (Å²) < 4.78 is 46.0. The third-order valence-corrected chi connectivity index (χ3v) is 2.29. The van der Waals surface area contributed by atoms with Crippen molar-refractivity contribution in [1.29, 1.82) is 0 Å². The summed E-state index contributed by atoms with van der Waals surface area (Å²) in [5, 5.41) is 0. The molecule has 0 fully saturated rings. The van der Waals surface area contributed by atoms with Crippen molar-refractivity contribution >= 4 is 0 Å². The van der Waals surface area contributed by atoms with E-state index in [-0.39, 0.29) is 11.3 Å². The number of hydrogen-bond acceptors (Lipinski definition) is 2. The van der Waals surface area contributed by atoms with Gasteiger partial charge < -0.3 is 9.47 Å². The first-order valence-corrected chi connectivity index (χ1v) is 5.08. The van der Waals surface area contributed by atoms with Gasteiger partial charge in [-0.3, -0.25) is 0 Å². The fraction of sp³-hybridized carbons (Fsp3) is 0.417. The second-order valence-electron chi connectivity index (χ2n) is 4.39. The molecular weight excluding hydrogens is 233 g/mol. The first-order chi connectivity index (χ1) is 7.77.